The van der Waals surface area contributed by atoms with Crippen molar-refractivity contribution >= 4 is 17.5 Å². The molecule has 0 saturated heterocycles. The predicted octanol–water partition coefficient (Wildman–Crippen LogP) is 4.60. The summed E-state index contributed by atoms with van der Waals surface area (Å²) in [6, 6.07) is 12.3. The summed E-state index contributed by atoms with van der Waals surface area (Å²) in [5.41, 5.74) is 2.58. The van der Waals surface area contributed by atoms with E-state index in [1.165, 1.54) is 11.6 Å². The standard InChI is InChI=1S/C18H19ClFNO/c1-3-17(13-6-4-12(2)5-7-13)21-18(22)10-14-8-9-15(19)11-16(14)20/h4-9,11,17H,3,10H2,1-2H3,(H,21,22)/t17-/m0/s1. The Labute approximate surface area is 135 Å². The number of carbonyl (C=O) groups is 1. The van der Waals surface area contributed by atoms with Crippen LogP contribution in [0.1, 0.15) is 36.1 Å². The van der Waals surface area contributed by atoms with Crippen LogP contribution >= 0.6 is 11.6 Å². The number of hydrogen-bond donors (Lipinski definition) is 1. The molecule has 116 valence electrons. The number of aryl methyl sites for hydroxylation is 1. The van der Waals surface area contributed by atoms with Gasteiger partial charge in [-0.25, -0.2) is 4.39 Å². The van der Waals surface area contributed by atoms with Gasteiger partial charge in [0.25, 0.3) is 0 Å². The number of halogens is 2. The zero-order chi connectivity index (χ0) is 16.1. The average molecular weight is 320 g/mol. The van der Waals surface area contributed by atoms with E-state index < -0.39 is 5.82 Å². The van der Waals surface area contributed by atoms with Crippen LogP contribution in [-0.2, 0) is 11.2 Å². The third-order valence-corrected chi connectivity index (χ3v) is 3.82. The van der Waals surface area contributed by atoms with E-state index in [0.717, 1.165) is 12.0 Å². The molecule has 0 fully saturated rings. The number of benzene rings is 2. The second-order valence-electron chi connectivity index (χ2n) is 5.35. The number of hydrogen-bond acceptors (Lipinski definition) is 1. The highest BCUT2D eigenvalue weighted by molar-refractivity contribution is 6.30. The second-order valence-corrected chi connectivity index (χ2v) is 5.79. The largest absolute Gasteiger partial charge is 0.349 e. The molecule has 1 amide bonds. The van der Waals surface area contributed by atoms with E-state index in [9.17, 15) is 9.18 Å². The molecule has 0 unspecified atom stereocenters. The topological polar surface area (TPSA) is 29.1 Å². The van der Waals surface area contributed by atoms with Gasteiger partial charge < -0.3 is 5.32 Å². The Balaban J connectivity index is 2.04. The molecular weight excluding hydrogens is 301 g/mol. The molecule has 0 aliphatic carbocycles. The van der Waals surface area contributed by atoms with Crippen molar-refractivity contribution in [2.24, 2.45) is 0 Å². The van der Waals surface area contributed by atoms with E-state index in [1.54, 1.807) is 12.1 Å². The highest BCUT2D eigenvalue weighted by Crippen LogP contribution is 2.19. The first-order valence-electron chi connectivity index (χ1n) is 7.29. The smallest absolute Gasteiger partial charge is 0.225 e. The highest BCUT2D eigenvalue weighted by Gasteiger charge is 2.14. The molecule has 2 nitrogen and oxygen atoms in total. The molecule has 0 aliphatic heterocycles. The molecule has 0 bridgehead atoms. The van der Waals surface area contributed by atoms with Gasteiger partial charge in [-0.3, -0.25) is 4.79 Å². The van der Waals surface area contributed by atoms with Crippen LogP contribution in [-0.4, -0.2) is 5.91 Å². The van der Waals surface area contributed by atoms with Crippen LogP contribution in [0.25, 0.3) is 0 Å². The van der Waals surface area contributed by atoms with Crippen molar-refractivity contribution in [3.8, 4) is 0 Å². The van der Waals surface area contributed by atoms with Gasteiger partial charge in [0.05, 0.1) is 12.5 Å². The van der Waals surface area contributed by atoms with Crippen molar-refractivity contribution < 1.29 is 9.18 Å². The van der Waals surface area contributed by atoms with Gasteiger partial charge in [0.1, 0.15) is 5.82 Å². The minimum Gasteiger partial charge on any atom is -0.349 e. The molecule has 1 N–H and O–H groups in total. The van der Waals surface area contributed by atoms with Crippen LogP contribution in [0.4, 0.5) is 4.39 Å². The van der Waals surface area contributed by atoms with E-state index in [4.69, 9.17) is 11.6 Å². The van der Waals surface area contributed by atoms with E-state index >= 15 is 0 Å². The lowest BCUT2D eigenvalue weighted by Gasteiger charge is -2.18. The van der Waals surface area contributed by atoms with Crippen molar-refractivity contribution in [2.45, 2.75) is 32.7 Å². The van der Waals surface area contributed by atoms with Crippen LogP contribution in [0.3, 0.4) is 0 Å². The Morgan fingerprint density at radius 1 is 1.23 bits per heavy atom. The molecule has 4 heteroatoms. The Morgan fingerprint density at radius 2 is 1.91 bits per heavy atom. The molecule has 0 aromatic heterocycles. The Morgan fingerprint density at radius 3 is 2.50 bits per heavy atom. The number of nitrogens with one attached hydrogen (secondary N) is 1. The minimum atomic E-state index is -0.453. The highest BCUT2D eigenvalue weighted by atomic mass is 35.5. The van der Waals surface area contributed by atoms with Gasteiger partial charge in [0.15, 0.2) is 0 Å². The fourth-order valence-corrected chi connectivity index (χ4v) is 2.46. The van der Waals surface area contributed by atoms with Crippen LogP contribution < -0.4 is 5.32 Å². The monoisotopic (exact) mass is 319 g/mol. The van der Waals surface area contributed by atoms with Crippen LogP contribution in [0, 0.1) is 12.7 Å². The van der Waals surface area contributed by atoms with Gasteiger partial charge in [-0.05, 0) is 36.6 Å². The van der Waals surface area contributed by atoms with Crippen molar-refractivity contribution in [1.82, 2.24) is 5.32 Å². The molecule has 2 rings (SSSR count). The van der Waals surface area contributed by atoms with Gasteiger partial charge in [-0.15, -0.1) is 0 Å². The zero-order valence-corrected chi connectivity index (χ0v) is 13.5. The van der Waals surface area contributed by atoms with Crippen molar-refractivity contribution in [2.75, 3.05) is 0 Å². The zero-order valence-electron chi connectivity index (χ0n) is 12.7. The summed E-state index contributed by atoms with van der Waals surface area (Å²) in [5, 5.41) is 3.28. The maximum Gasteiger partial charge on any atom is 0.225 e. The lowest BCUT2D eigenvalue weighted by Crippen LogP contribution is -2.29. The van der Waals surface area contributed by atoms with Crippen LogP contribution in [0.15, 0.2) is 42.5 Å². The van der Waals surface area contributed by atoms with Gasteiger partial charge in [-0.2, -0.15) is 0 Å². The lowest BCUT2D eigenvalue weighted by molar-refractivity contribution is -0.121. The summed E-state index contributed by atoms with van der Waals surface area (Å²) >= 11 is 5.71. The molecule has 2 aromatic carbocycles. The Kier molecular flexibility index (Phi) is 5.56. The maximum absolute atomic E-state index is 13.7. The maximum atomic E-state index is 13.7. The van der Waals surface area contributed by atoms with Crippen LogP contribution in [0.2, 0.25) is 5.02 Å². The summed E-state index contributed by atoms with van der Waals surface area (Å²) in [6.07, 6.45) is 0.781. The summed E-state index contributed by atoms with van der Waals surface area (Å²) in [6.45, 7) is 4.03. The summed E-state index contributed by atoms with van der Waals surface area (Å²) < 4.78 is 13.7. The van der Waals surface area contributed by atoms with Gasteiger partial charge in [0.2, 0.25) is 5.91 Å². The van der Waals surface area contributed by atoms with Gasteiger partial charge in [-0.1, -0.05) is 54.4 Å². The SMILES string of the molecule is CC[C@H](NC(=O)Cc1ccc(Cl)cc1F)c1ccc(C)cc1. The molecule has 0 radical (unpaired) electrons. The fraction of sp³-hybridized carbons (Fsp3) is 0.278. The molecular formula is C18H19ClFNO. The van der Waals surface area contributed by atoms with Crippen LogP contribution in [0.5, 0.6) is 0 Å². The van der Waals surface area contributed by atoms with E-state index in [0.29, 0.717) is 10.6 Å². The Bertz CT molecular complexity index is 655. The molecule has 2 aromatic rings. The average Bonchev–Trinajstić information content (AvgIpc) is 2.49. The molecule has 0 saturated carbocycles. The van der Waals surface area contributed by atoms with Crippen molar-refractivity contribution in [3.05, 3.63) is 70.0 Å². The summed E-state index contributed by atoms with van der Waals surface area (Å²) in [4.78, 5) is 12.1. The van der Waals surface area contributed by atoms with Gasteiger partial charge in [0, 0.05) is 5.02 Å². The van der Waals surface area contributed by atoms with E-state index in [2.05, 4.69) is 5.32 Å². The van der Waals surface area contributed by atoms with Crippen molar-refractivity contribution in [1.29, 1.82) is 0 Å². The Hall–Kier alpha value is -1.87. The van der Waals surface area contributed by atoms with Gasteiger partial charge >= 0.3 is 0 Å². The molecule has 0 heterocycles. The quantitative estimate of drug-likeness (QED) is 0.857. The third kappa shape index (κ3) is 4.31. The summed E-state index contributed by atoms with van der Waals surface area (Å²) in [7, 11) is 0. The minimum absolute atomic E-state index is 0.00532. The van der Waals surface area contributed by atoms with E-state index in [-0.39, 0.29) is 18.4 Å². The first-order valence-corrected chi connectivity index (χ1v) is 7.67. The number of carbonyl (C=O) groups excluding carboxylic acids is 1. The number of rotatable bonds is 5. The third-order valence-electron chi connectivity index (χ3n) is 3.59. The van der Waals surface area contributed by atoms with Crippen molar-refractivity contribution in [3.63, 3.8) is 0 Å². The normalized spacial score (nSPS) is 12.0. The molecule has 1 atom stereocenters. The predicted molar refractivity (Wildman–Crippen MR) is 87.5 cm³/mol. The molecule has 0 spiro atoms. The fourth-order valence-electron chi connectivity index (χ4n) is 2.30. The first-order chi connectivity index (χ1) is 10.5. The second kappa shape index (κ2) is 7.41. The lowest BCUT2D eigenvalue weighted by atomic mass is 10.0. The van der Waals surface area contributed by atoms with E-state index in [1.807, 2.05) is 38.1 Å². The summed E-state index contributed by atoms with van der Waals surface area (Å²) in [5.74, 6) is -0.653. The molecule has 22 heavy (non-hydrogen) atoms. The molecule has 0 aliphatic rings. The number of amides is 1. The first kappa shape index (κ1) is 16.5.